The maximum absolute atomic E-state index is 12.9. The molecule has 8 heteroatoms. The van der Waals surface area contributed by atoms with Crippen LogP contribution in [0.4, 0.5) is 0 Å². The zero-order valence-electron chi connectivity index (χ0n) is 17.4. The molecule has 2 N–H and O–H groups in total. The van der Waals surface area contributed by atoms with Gasteiger partial charge in [0.05, 0.1) is 18.2 Å². The lowest BCUT2D eigenvalue weighted by Crippen LogP contribution is -2.28. The highest BCUT2D eigenvalue weighted by Gasteiger charge is 2.26. The Hall–Kier alpha value is -2.09. The van der Waals surface area contributed by atoms with E-state index in [1.807, 2.05) is 32.0 Å². The van der Waals surface area contributed by atoms with Crippen molar-refractivity contribution in [1.82, 2.24) is 10.0 Å². The third kappa shape index (κ3) is 5.14. The Labute approximate surface area is 183 Å². The van der Waals surface area contributed by atoms with E-state index in [1.165, 1.54) is 23.8 Å². The predicted molar refractivity (Wildman–Crippen MR) is 118 cm³/mol. The fraction of sp³-hybridized carbons (Fsp3) is 0.409. The summed E-state index contributed by atoms with van der Waals surface area (Å²) in [7, 11) is -2.20. The van der Waals surface area contributed by atoms with Crippen LogP contribution >= 0.6 is 11.6 Å². The molecule has 0 heterocycles. The molecular weight excluding hydrogens is 424 g/mol. The number of methoxy groups -OCH3 is 1. The average Bonchev–Trinajstić information content (AvgIpc) is 3.09. The molecule has 1 atom stereocenters. The summed E-state index contributed by atoms with van der Waals surface area (Å²) in [4.78, 5) is 12.8. The predicted octanol–water partition coefficient (Wildman–Crippen LogP) is 4.09. The number of fused-ring (bicyclic) bond motifs is 1. The molecule has 0 aliphatic heterocycles. The number of rotatable bonds is 8. The third-order valence-electron chi connectivity index (χ3n) is 5.23. The standard InChI is InChI=1S/C22H27ClN2O4S/c1-14(2)10-11-24-30(27,28)21-12-16(5-8-19(21)23)22(26)25-20-9-6-15-4-7-17(29-3)13-18(15)20/h4-5,7-8,12-14,20,24H,6,9-11H2,1-3H3,(H,25,26). The minimum absolute atomic E-state index is 0.0829. The molecule has 1 aliphatic carbocycles. The highest BCUT2D eigenvalue weighted by Crippen LogP contribution is 2.34. The second kappa shape index (κ2) is 9.37. The van der Waals surface area contributed by atoms with Crippen LogP contribution in [0, 0.1) is 5.92 Å². The van der Waals surface area contributed by atoms with Gasteiger partial charge in [0.1, 0.15) is 10.6 Å². The molecule has 6 nitrogen and oxygen atoms in total. The number of hydrogen-bond acceptors (Lipinski definition) is 4. The van der Waals surface area contributed by atoms with Gasteiger partial charge in [-0.15, -0.1) is 0 Å². The van der Waals surface area contributed by atoms with E-state index >= 15 is 0 Å². The zero-order chi connectivity index (χ0) is 21.9. The molecule has 0 spiro atoms. The van der Waals surface area contributed by atoms with Gasteiger partial charge >= 0.3 is 0 Å². The maximum Gasteiger partial charge on any atom is 0.251 e. The zero-order valence-corrected chi connectivity index (χ0v) is 18.9. The van der Waals surface area contributed by atoms with Crippen molar-refractivity contribution in [2.75, 3.05) is 13.7 Å². The van der Waals surface area contributed by atoms with Gasteiger partial charge in [0.2, 0.25) is 10.0 Å². The second-order valence-electron chi connectivity index (χ2n) is 7.85. The van der Waals surface area contributed by atoms with E-state index in [1.54, 1.807) is 7.11 Å². The minimum atomic E-state index is -3.81. The molecular formula is C22H27ClN2O4S. The van der Waals surface area contributed by atoms with E-state index in [-0.39, 0.29) is 27.4 Å². The van der Waals surface area contributed by atoms with E-state index in [9.17, 15) is 13.2 Å². The summed E-state index contributed by atoms with van der Waals surface area (Å²) < 4.78 is 33.1. The monoisotopic (exact) mass is 450 g/mol. The molecule has 2 aromatic carbocycles. The first kappa shape index (κ1) is 22.6. The number of amides is 1. The molecule has 1 aliphatic rings. The van der Waals surface area contributed by atoms with Crippen molar-refractivity contribution in [3.63, 3.8) is 0 Å². The average molecular weight is 451 g/mol. The van der Waals surface area contributed by atoms with Crippen LogP contribution in [0.3, 0.4) is 0 Å². The third-order valence-corrected chi connectivity index (χ3v) is 7.18. The van der Waals surface area contributed by atoms with Crippen molar-refractivity contribution in [3.8, 4) is 5.75 Å². The summed E-state index contributed by atoms with van der Waals surface area (Å²) in [6.07, 6.45) is 2.36. The van der Waals surface area contributed by atoms with Crippen LogP contribution in [0.5, 0.6) is 5.75 Å². The van der Waals surface area contributed by atoms with Crippen LogP contribution in [0.15, 0.2) is 41.3 Å². The van der Waals surface area contributed by atoms with E-state index in [4.69, 9.17) is 16.3 Å². The molecule has 0 fully saturated rings. The minimum Gasteiger partial charge on any atom is -0.497 e. The molecule has 3 rings (SSSR count). The maximum atomic E-state index is 12.9. The van der Waals surface area contributed by atoms with Crippen molar-refractivity contribution in [2.45, 2.75) is 44.0 Å². The summed E-state index contributed by atoms with van der Waals surface area (Å²) in [6, 6.07) is 10.0. The molecule has 1 unspecified atom stereocenters. The van der Waals surface area contributed by atoms with Gasteiger partial charge in [-0.1, -0.05) is 31.5 Å². The Kier molecular flexibility index (Phi) is 7.06. The number of hydrogen-bond donors (Lipinski definition) is 2. The lowest BCUT2D eigenvalue weighted by molar-refractivity contribution is 0.0936. The molecule has 1 amide bonds. The normalized spacial score (nSPS) is 15.8. The summed E-state index contributed by atoms with van der Waals surface area (Å²) in [5, 5.41) is 3.09. The number of halogens is 1. The Morgan fingerprint density at radius 3 is 2.70 bits per heavy atom. The molecule has 0 saturated heterocycles. The Morgan fingerprint density at radius 1 is 1.23 bits per heavy atom. The molecule has 0 bridgehead atoms. The molecule has 30 heavy (non-hydrogen) atoms. The van der Waals surface area contributed by atoms with Gasteiger partial charge in [-0.25, -0.2) is 13.1 Å². The van der Waals surface area contributed by atoms with E-state index < -0.39 is 10.0 Å². The van der Waals surface area contributed by atoms with Crippen LogP contribution in [0.25, 0.3) is 0 Å². The number of aryl methyl sites for hydroxylation is 1. The fourth-order valence-corrected chi connectivity index (χ4v) is 5.08. The highest BCUT2D eigenvalue weighted by molar-refractivity contribution is 7.89. The first-order chi connectivity index (χ1) is 14.2. The molecule has 0 saturated carbocycles. The van der Waals surface area contributed by atoms with Crippen molar-refractivity contribution < 1.29 is 17.9 Å². The Bertz CT molecular complexity index is 1040. The number of benzene rings is 2. The van der Waals surface area contributed by atoms with Gasteiger partial charge in [-0.05, 0) is 66.6 Å². The van der Waals surface area contributed by atoms with Gasteiger partial charge in [-0.3, -0.25) is 4.79 Å². The SMILES string of the molecule is COc1ccc2c(c1)C(NC(=O)c1ccc(Cl)c(S(=O)(=O)NCCC(C)C)c1)CC2. The van der Waals surface area contributed by atoms with Crippen LogP contribution in [0.1, 0.15) is 54.2 Å². The first-order valence-electron chi connectivity index (χ1n) is 9.98. The summed E-state index contributed by atoms with van der Waals surface area (Å²) >= 11 is 6.13. The van der Waals surface area contributed by atoms with Gasteiger partial charge in [0, 0.05) is 12.1 Å². The fourth-order valence-electron chi connectivity index (χ4n) is 3.51. The molecule has 0 radical (unpaired) electrons. The Morgan fingerprint density at radius 2 is 2.00 bits per heavy atom. The summed E-state index contributed by atoms with van der Waals surface area (Å²) in [5.41, 5.74) is 2.45. The van der Waals surface area contributed by atoms with E-state index in [0.717, 1.165) is 24.2 Å². The van der Waals surface area contributed by atoms with Gasteiger partial charge < -0.3 is 10.1 Å². The first-order valence-corrected chi connectivity index (χ1v) is 11.8. The largest absolute Gasteiger partial charge is 0.497 e. The summed E-state index contributed by atoms with van der Waals surface area (Å²) in [6.45, 7) is 4.35. The van der Waals surface area contributed by atoms with Gasteiger partial charge in [0.15, 0.2) is 0 Å². The molecule has 162 valence electrons. The van der Waals surface area contributed by atoms with Crippen LogP contribution in [-0.2, 0) is 16.4 Å². The summed E-state index contributed by atoms with van der Waals surface area (Å²) in [5.74, 6) is 0.765. The van der Waals surface area contributed by atoms with Crippen molar-refractivity contribution in [2.24, 2.45) is 5.92 Å². The van der Waals surface area contributed by atoms with Crippen LogP contribution in [0.2, 0.25) is 5.02 Å². The number of carbonyl (C=O) groups excluding carboxylic acids is 1. The number of ether oxygens (including phenoxy) is 1. The van der Waals surface area contributed by atoms with E-state index in [2.05, 4.69) is 10.0 Å². The van der Waals surface area contributed by atoms with Crippen molar-refractivity contribution in [1.29, 1.82) is 0 Å². The topological polar surface area (TPSA) is 84.5 Å². The number of carbonyl (C=O) groups is 1. The number of sulfonamides is 1. The molecule has 2 aromatic rings. The van der Waals surface area contributed by atoms with Crippen LogP contribution in [-0.4, -0.2) is 28.0 Å². The van der Waals surface area contributed by atoms with E-state index in [0.29, 0.717) is 18.9 Å². The van der Waals surface area contributed by atoms with Crippen molar-refractivity contribution >= 4 is 27.5 Å². The van der Waals surface area contributed by atoms with Gasteiger partial charge in [-0.2, -0.15) is 0 Å². The van der Waals surface area contributed by atoms with Crippen LogP contribution < -0.4 is 14.8 Å². The smallest absolute Gasteiger partial charge is 0.251 e. The number of nitrogens with one attached hydrogen (secondary N) is 2. The second-order valence-corrected chi connectivity index (χ2v) is 10.00. The lowest BCUT2D eigenvalue weighted by atomic mass is 10.1. The molecule has 0 aromatic heterocycles. The highest BCUT2D eigenvalue weighted by atomic mass is 35.5. The Balaban J connectivity index is 1.78. The van der Waals surface area contributed by atoms with Crippen molar-refractivity contribution in [3.05, 3.63) is 58.1 Å². The quantitative estimate of drug-likeness (QED) is 0.634. The van der Waals surface area contributed by atoms with Gasteiger partial charge in [0.25, 0.3) is 5.91 Å². The lowest BCUT2D eigenvalue weighted by Gasteiger charge is -2.16.